The van der Waals surface area contributed by atoms with Gasteiger partial charge in [-0.05, 0) is 43.0 Å². The van der Waals surface area contributed by atoms with Gasteiger partial charge >= 0.3 is 0 Å². The summed E-state index contributed by atoms with van der Waals surface area (Å²) < 4.78 is 11.1. The van der Waals surface area contributed by atoms with Crippen LogP contribution >= 0.6 is 0 Å². The van der Waals surface area contributed by atoms with Gasteiger partial charge < -0.3 is 19.1 Å². The quantitative estimate of drug-likeness (QED) is 0.486. The molecule has 0 atom stereocenters. The summed E-state index contributed by atoms with van der Waals surface area (Å²) in [5.74, 6) is 1.85. The zero-order chi connectivity index (χ0) is 22.5. The van der Waals surface area contributed by atoms with Crippen LogP contribution in [0.5, 0.6) is 5.75 Å². The smallest absolute Gasteiger partial charge is 0.254 e. The first-order valence-corrected chi connectivity index (χ1v) is 11.3. The minimum atomic E-state index is -0.00561. The summed E-state index contributed by atoms with van der Waals surface area (Å²) in [6, 6.07) is 17.3. The second-order valence-corrected chi connectivity index (χ2v) is 8.68. The lowest BCUT2D eigenvalue weighted by Gasteiger charge is -2.26. The molecule has 0 bridgehead atoms. The van der Waals surface area contributed by atoms with Crippen molar-refractivity contribution in [2.45, 2.75) is 33.2 Å². The van der Waals surface area contributed by atoms with Gasteiger partial charge in [0.1, 0.15) is 11.4 Å². The fraction of sp³-hybridized carbons (Fsp3) is 0.385. The zero-order valence-electron chi connectivity index (χ0n) is 19.1. The summed E-state index contributed by atoms with van der Waals surface area (Å²) in [6.45, 7) is 7.25. The van der Waals surface area contributed by atoms with Crippen molar-refractivity contribution in [2.75, 3.05) is 31.6 Å². The van der Waals surface area contributed by atoms with E-state index in [1.165, 1.54) is 0 Å². The van der Waals surface area contributed by atoms with Gasteiger partial charge in [-0.2, -0.15) is 0 Å². The molecule has 0 aliphatic carbocycles. The Balaban J connectivity index is 1.70. The molecule has 1 amide bonds. The zero-order valence-corrected chi connectivity index (χ0v) is 19.1. The predicted octanol–water partition coefficient (Wildman–Crippen LogP) is 5.25. The summed E-state index contributed by atoms with van der Waals surface area (Å²) in [5.41, 5.74) is 3.43. The number of amides is 1. The highest BCUT2D eigenvalue weighted by atomic mass is 16.5. The monoisotopic (exact) mass is 433 g/mol. The third-order valence-electron chi connectivity index (χ3n) is 5.77. The number of nitrogens with zero attached hydrogens (tertiary/aromatic N) is 3. The van der Waals surface area contributed by atoms with Crippen molar-refractivity contribution in [3.8, 4) is 17.0 Å². The van der Waals surface area contributed by atoms with Crippen LogP contribution < -0.4 is 9.64 Å². The molecule has 0 saturated carbocycles. The highest BCUT2D eigenvalue weighted by molar-refractivity contribution is 5.94. The Morgan fingerprint density at radius 3 is 2.41 bits per heavy atom. The maximum absolute atomic E-state index is 13.5. The Kier molecular flexibility index (Phi) is 6.78. The molecule has 168 valence electrons. The van der Waals surface area contributed by atoms with E-state index in [0.29, 0.717) is 24.6 Å². The van der Waals surface area contributed by atoms with E-state index in [1.807, 2.05) is 59.5 Å². The van der Waals surface area contributed by atoms with Gasteiger partial charge in [0.2, 0.25) is 5.88 Å². The van der Waals surface area contributed by atoms with Gasteiger partial charge in [-0.1, -0.05) is 49.3 Å². The van der Waals surface area contributed by atoms with Gasteiger partial charge in [0.15, 0.2) is 0 Å². The largest absolute Gasteiger partial charge is 0.497 e. The van der Waals surface area contributed by atoms with Crippen LogP contribution in [0.4, 0.5) is 5.88 Å². The molecule has 2 heterocycles. The number of anilines is 1. The van der Waals surface area contributed by atoms with Crippen molar-refractivity contribution in [3.63, 3.8) is 0 Å². The summed E-state index contributed by atoms with van der Waals surface area (Å²) in [5, 5.41) is 4.45. The van der Waals surface area contributed by atoms with Crippen molar-refractivity contribution in [2.24, 2.45) is 5.92 Å². The average Bonchev–Trinajstić information content (AvgIpc) is 3.48. The Morgan fingerprint density at radius 1 is 1.09 bits per heavy atom. The molecule has 2 aromatic carbocycles. The number of aromatic nitrogens is 1. The summed E-state index contributed by atoms with van der Waals surface area (Å²) in [7, 11) is 1.62. The predicted molar refractivity (Wildman–Crippen MR) is 126 cm³/mol. The first kappa shape index (κ1) is 21.9. The minimum absolute atomic E-state index is 0.00561. The lowest BCUT2D eigenvalue weighted by atomic mass is 10.1. The Bertz CT molecular complexity index is 1020. The van der Waals surface area contributed by atoms with Gasteiger partial charge in [-0.15, -0.1) is 0 Å². The van der Waals surface area contributed by atoms with Crippen LogP contribution in [0.25, 0.3) is 11.3 Å². The van der Waals surface area contributed by atoms with Crippen molar-refractivity contribution >= 4 is 11.8 Å². The molecule has 32 heavy (non-hydrogen) atoms. The molecule has 1 aliphatic rings. The van der Waals surface area contributed by atoms with Crippen LogP contribution in [-0.4, -0.2) is 42.7 Å². The normalized spacial score (nSPS) is 13.6. The Hall–Kier alpha value is -3.28. The maximum atomic E-state index is 13.5. The summed E-state index contributed by atoms with van der Waals surface area (Å²) in [6.07, 6.45) is 2.28. The molecule has 4 rings (SSSR count). The third-order valence-corrected chi connectivity index (χ3v) is 5.77. The number of ether oxygens (including phenoxy) is 1. The molecule has 0 radical (unpaired) electrons. The van der Waals surface area contributed by atoms with E-state index in [4.69, 9.17) is 9.26 Å². The average molecular weight is 434 g/mol. The van der Waals surface area contributed by atoms with Crippen molar-refractivity contribution < 1.29 is 14.1 Å². The van der Waals surface area contributed by atoms with Crippen LogP contribution in [0.1, 0.15) is 42.6 Å². The van der Waals surface area contributed by atoms with Crippen molar-refractivity contribution in [1.29, 1.82) is 0 Å². The second-order valence-electron chi connectivity index (χ2n) is 8.68. The number of hydrogen-bond donors (Lipinski definition) is 0. The van der Waals surface area contributed by atoms with E-state index in [-0.39, 0.29) is 5.91 Å². The van der Waals surface area contributed by atoms with Gasteiger partial charge in [0, 0.05) is 30.8 Å². The van der Waals surface area contributed by atoms with Crippen LogP contribution in [0, 0.1) is 5.92 Å². The number of hydrogen-bond acceptors (Lipinski definition) is 5. The van der Waals surface area contributed by atoms with Gasteiger partial charge in [-0.3, -0.25) is 4.79 Å². The van der Waals surface area contributed by atoms with E-state index >= 15 is 0 Å². The SMILES string of the molecule is COc1ccc(C(=O)N(Cc2c(-c3ccccc3)noc2N2CCCC2)CC(C)C)cc1. The molecule has 6 heteroatoms. The number of methoxy groups -OCH3 is 1. The highest BCUT2D eigenvalue weighted by Crippen LogP contribution is 2.34. The number of rotatable bonds is 8. The molecular weight excluding hydrogens is 402 g/mol. The lowest BCUT2D eigenvalue weighted by molar-refractivity contribution is 0.0723. The molecule has 0 unspecified atom stereocenters. The first-order chi connectivity index (χ1) is 15.6. The summed E-state index contributed by atoms with van der Waals surface area (Å²) in [4.78, 5) is 17.7. The minimum Gasteiger partial charge on any atom is -0.497 e. The fourth-order valence-corrected chi connectivity index (χ4v) is 4.20. The van der Waals surface area contributed by atoms with E-state index < -0.39 is 0 Å². The van der Waals surface area contributed by atoms with Gasteiger partial charge in [-0.25, -0.2) is 0 Å². The highest BCUT2D eigenvalue weighted by Gasteiger charge is 2.28. The molecule has 0 spiro atoms. The molecule has 1 fully saturated rings. The topological polar surface area (TPSA) is 58.8 Å². The lowest BCUT2D eigenvalue weighted by Crippen LogP contribution is -2.34. The molecule has 3 aromatic rings. The second kappa shape index (κ2) is 9.90. The van der Waals surface area contributed by atoms with Crippen LogP contribution in [0.15, 0.2) is 59.1 Å². The van der Waals surface area contributed by atoms with Crippen LogP contribution in [0.2, 0.25) is 0 Å². The summed E-state index contributed by atoms with van der Waals surface area (Å²) >= 11 is 0. The molecular formula is C26H31N3O3. The molecule has 1 saturated heterocycles. The first-order valence-electron chi connectivity index (χ1n) is 11.3. The number of benzene rings is 2. The Morgan fingerprint density at radius 2 is 1.78 bits per heavy atom. The van der Waals surface area contributed by atoms with Gasteiger partial charge in [0.25, 0.3) is 5.91 Å². The standard InChI is InChI=1S/C26H31N3O3/c1-19(2)17-29(25(30)21-11-13-22(31-3)14-12-21)18-23-24(20-9-5-4-6-10-20)27-32-26(23)28-15-7-8-16-28/h4-6,9-14,19H,7-8,15-18H2,1-3H3. The van der Waals surface area contributed by atoms with Gasteiger partial charge in [0.05, 0.1) is 19.2 Å². The maximum Gasteiger partial charge on any atom is 0.254 e. The molecule has 1 aliphatic heterocycles. The number of carbonyl (C=O) groups is 1. The van der Waals surface area contributed by atoms with Crippen LogP contribution in [-0.2, 0) is 6.54 Å². The van der Waals surface area contributed by atoms with E-state index in [1.54, 1.807) is 7.11 Å². The Labute approximate surface area is 189 Å². The third kappa shape index (κ3) is 4.79. The fourth-order valence-electron chi connectivity index (χ4n) is 4.20. The molecule has 1 aromatic heterocycles. The van der Waals surface area contributed by atoms with E-state index in [9.17, 15) is 4.79 Å². The molecule has 6 nitrogen and oxygen atoms in total. The van der Waals surface area contributed by atoms with Crippen molar-refractivity contribution in [3.05, 3.63) is 65.7 Å². The van der Waals surface area contributed by atoms with Crippen LogP contribution in [0.3, 0.4) is 0 Å². The van der Waals surface area contributed by atoms with Crippen molar-refractivity contribution in [1.82, 2.24) is 10.1 Å². The number of carbonyl (C=O) groups excluding carboxylic acids is 1. The van der Waals surface area contributed by atoms with E-state index in [2.05, 4.69) is 23.9 Å². The molecule has 0 N–H and O–H groups in total. The van der Waals surface area contributed by atoms with E-state index in [0.717, 1.165) is 54.4 Å².